The smallest absolute Gasteiger partial charge is 0.0536 e. The minimum absolute atomic E-state index is 0.247. The molecular formula is C15H28N4. The van der Waals surface area contributed by atoms with Gasteiger partial charge in [-0.05, 0) is 65.2 Å². The summed E-state index contributed by atoms with van der Waals surface area (Å²) < 4.78 is 2.02. The summed E-state index contributed by atoms with van der Waals surface area (Å²) in [7, 11) is 0. The molecule has 4 heteroatoms. The summed E-state index contributed by atoms with van der Waals surface area (Å²) in [6, 6.07) is 1.99. The second kappa shape index (κ2) is 6.53. The highest BCUT2D eigenvalue weighted by Crippen LogP contribution is 2.17. The van der Waals surface area contributed by atoms with E-state index in [0.29, 0.717) is 0 Å². The standard InChI is InChI=1S/C15H28N4/c1-15(2,3)16-13-14-5-9-18(10-6-14)11-12-19-8-4-7-17-19/h4,7-8,14,16H,5-6,9-13H2,1-3H3. The Hall–Kier alpha value is -0.870. The van der Waals surface area contributed by atoms with Crippen LogP contribution in [0, 0.1) is 5.92 Å². The predicted molar refractivity (Wildman–Crippen MR) is 79.1 cm³/mol. The highest BCUT2D eigenvalue weighted by Gasteiger charge is 2.20. The van der Waals surface area contributed by atoms with Gasteiger partial charge in [-0.3, -0.25) is 4.68 Å². The SMILES string of the molecule is CC(C)(C)NCC1CCN(CCn2cccn2)CC1. The van der Waals surface area contributed by atoms with E-state index in [0.717, 1.165) is 25.6 Å². The van der Waals surface area contributed by atoms with Crippen molar-refractivity contribution in [2.45, 2.75) is 45.7 Å². The highest BCUT2D eigenvalue weighted by molar-refractivity contribution is 4.80. The van der Waals surface area contributed by atoms with Gasteiger partial charge in [0.1, 0.15) is 0 Å². The Morgan fingerprint density at radius 1 is 1.21 bits per heavy atom. The molecule has 4 nitrogen and oxygen atoms in total. The van der Waals surface area contributed by atoms with Crippen LogP contribution in [0.25, 0.3) is 0 Å². The largest absolute Gasteiger partial charge is 0.312 e. The van der Waals surface area contributed by atoms with Crippen molar-refractivity contribution in [1.29, 1.82) is 0 Å². The number of rotatable bonds is 5. The molecule has 0 spiro atoms. The minimum atomic E-state index is 0.247. The third kappa shape index (κ3) is 5.33. The van der Waals surface area contributed by atoms with Gasteiger partial charge in [0.2, 0.25) is 0 Å². The number of aromatic nitrogens is 2. The lowest BCUT2D eigenvalue weighted by atomic mass is 9.95. The van der Waals surface area contributed by atoms with Crippen LogP contribution in [0.1, 0.15) is 33.6 Å². The fraction of sp³-hybridized carbons (Fsp3) is 0.800. The number of hydrogen-bond acceptors (Lipinski definition) is 3. The van der Waals surface area contributed by atoms with Gasteiger partial charge in [0.25, 0.3) is 0 Å². The van der Waals surface area contributed by atoms with Crippen molar-refractivity contribution in [2.75, 3.05) is 26.2 Å². The van der Waals surface area contributed by atoms with Gasteiger partial charge in [0.15, 0.2) is 0 Å². The molecule has 0 unspecified atom stereocenters. The van der Waals surface area contributed by atoms with E-state index in [1.165, 1.54) is 25.9 Å². The van der Waals surface area contributed by atoms with Crippen LogP contribution in [0.5, 0.6) is 0 Å². The molecule has 19 heavy (non-hydrogen) atoms. The third-order valence-electron chi connectivity index (χ3n) is 3.83. The van der Waals surface area contributed by atoms with Gasteiger partial charge in [0, 0.05) is 24.5 Å². The molecule has 2 rings (SSSR count). The van der Waals surface area contributed by atoms with Gasteiger partial charge < -0.3 is 10.2 Å². The Bertz CT molecular complexity index is 345. The van der Waals surface area contributed by atoms with Gasteiger partial charge in [-0.25, -0.2) is 0 Å². The zero-order chi connectivity index (χ0) is 13.7. The molecular weight excluding hydrogens is 236 g/mol. The van der Waals surface area contributed by atoms with E-state index in [1.807, 2.05) is 23.1 Å². The molecule has 1 aromatic heterocycles. The second-order valence-corrected chi connectivity index (χ2v) is 6.69. The van der Waals surface area contributed by atoms with Crippen LogP contribution in [0.4, 0.5) is 0 Å². The predicted octanol–water partition coefficient (Wildman–Crippen LogP) is 1.98. The van der Waals surface area contributed by atoms with Crippen molar-refractivity contribution < 1.29 is 0 Å². The van der Waals surface area contributed by atoms with E-state index in [1.54, 1.807) is 0 Å². The molecule has 1 saturated heterocycles. The van der Waals surface area contributed by atoms with Crippen molar-refractivity contribution in [2.24, 2.45) is 5.92 Å². The van der Waals surface area contributed by atoms with Gasteiger partial charge in [-0.2, -0.15) is 5.10 Å². The number of nitrogens with one attached hydrogen (secondary N) is 1. The van der Waals surface area contributed by atoms with E-state index >= 15 is 0 Å². The molecule has 0 aromatic carbocycles. The maximum atomic E-state index is 4.25. The quantitative estimate of drug-likeness (QED) is 0.883. The monoisotopic (exact) mass is 264 g/mol. The van der Waals surface area contributed by atoms with Crippen LogP contribution in [0.3, 0.4) is 0 Å². The van der Waals surface area contributed by atoms with E-state index < -0.39 is 0 Å². The number of nitrogens with zero attached hydrogens (tertiary/aromatic N) is 3. The van der Waals surface area contributed by atoms with Crippen LogP contribution in [0.15, 0.2) is 18.5 Å². The molecule has 0 bridgehead atoms. The zero-order valence-electron chi connectivity index (χ0n) is 12.6. The summed E-state index contributed by atoms with van der Waals surface area (Å²) in [5.41, 5.74) is 0.247. The van der Waals surface area contributed by atoms with Crippen molar-refractivity contribution >= 4 is 0 Å². The molecule has 2 heterocycles. The van der Waals surface area contributed by atoms with E-state index in [-0.39, 0.29) is 5.54 Å². The normalized spacial score (nSPS) is 18.9. The van der Waals surface area contributed by atoms with Crippen LogP contribution in [-0.4, -0.2) is 46.4 Å². The van der Waals surface area contributed by atoms with Crippen LogP contribution in [-0.2, 0) is 6.54 Å². The van der Waals surface area contributed by atoms with Crippen molar-refractivity contribution in [1.82, 2.24) is 20.0 Å². The highest BCUT2D eigenvalue weighted by atomic mass is 15.3. The summed E-state index contributed by atoms with van der Waals surface area (Å²) in [5, 5.41) is 7.88. The van der Waals surface area contributed by atoms with Gasteiger partial charge >= 0.3 is 0 Å². The molecule has 1 aliphatic heterocycles. The van der Waals surface area contributed by atoms with Gasteiger partial charge in [-0.15, -0.1) is 0 Å². The Balaban J connectivity index is 1.62. The number of piperidine rings is 1. The lowest BCUT2D eigenvalue weighted by molar-refractivity contribution is 0.170. The summed E-state index contributed by atoms with van der Waals surface area (Å²) in [6.45, 7) is 12.5. The molecule has 1 fully saturated rings. The van der Waals surface area contributed by atoms with E-state index in [2.05, 4.69) is 36.1 Å². The Morgan fingerprint density at radius 2 is 1.95 bits per heavy atom. The molecule has 0 radical (unpaired) electrons. The molecule has 0 atom stereocenters. The maximum absolute atomic E-state index is 4.25. The lowest BCUT2D eigenvalue weighted by Gasteiger charge is -2.33. The molecule has 1 aromatic rings. The average Bonchev–Trinajstić information content (AvgIpc) is 2.87. The molecule has 0 aliphatic carbocycles. The first-order chi connectivity index (χ1) is 9.03. The Kier molecular flexibility index (Phi) is 4.99. The van der Waals surface area contributed by atoms with Crippen molar-refractivity contribution in [3.63, 3.8) is 0 Å². The van der Waals surface area contributed by atoms with E-state index in [4.69, 9.17) is 0 Å². The summed E-state index contributed by atoms with van der Waals surface area (Å²) in [4.78, 5) is 2.56. The Labute approximate surface area is 117 Å². The number of likely N-dealkylation sites (tertiary alicyclic amines) is 1. The average molecular weight is 264 g/mol. The molecule has 1 N–H and O–H groups in total. The van der Waals surface area contributed by atoms with E-state index in [9.17, 15) is 0 Å². The fourth-order valence-electron chi connectivity index (χ4n) is 2.54. The first-order valence-corrected chi connectivity index (χ1v) is 7.48. The van der Waals surface area contributed by atoms with Crippen molar-refractivity contribution in [3.8, 4) is 0 Å². The van der Waals surface area contributed by atoms with Crippen molar-refractivity contribution in [3.05, 3.63) is 18.5 Å². The van der Waals surface area contributed by atoms with Crippen LogP contribution < -0.4 is 5.32 Å². The first kappa shape index (κ1) is 14.5. The second-order valence-electron chi connectivity index (χ2n) is 6.69. The molecule has 0 saturated carbocycles. The maximum Gasteiger partial charge on any atom is 0.0536 e. The first-order valence-electron chi connectivity index (χ1n) is 7.48. The Morgan fingerprint density at radius 3 is 2.53 bits per heavy atom. The summed E-state index contributed by atoms with van der Waals surface area (Å²) in [6.07, 6.45) is 6.54. The summed E-state index contributed by atoms with van der Waals surface area (Å²) >= 11 is 0. The topological polar surface area (TPSA) is 33.1 Å². The molecule has 1 aliphatic rings. The van der Waals surface area contributed by atoms with Gasteiger partial charge in [-0.1, -0.05) is 0 Å². The summed E-state index contributed by atoms with van der Waals surface area (Å²) in [5.74, 6) is 0.847. The lowest BCUT2D eigenvalue weighted by Crippen LogP contribution is -2.43. The minimum Gasteiger partial charge on any atom is -0.312 e. The van der Waals surface area contributed by atoms with Crippen LogP contribution >= 0.6 is 0 Å². The molecule has 108 valence electrons. The van der Waals surface area contributed by atoms with Gasteiger partial charge in [0.05, 0.1) is 6.54 Å². The molecule has 0 amide bonds. The third-order valence-corrected chi connectivity index (χ3v) is 3.83. The fourth-order valence-corrected chi connectivity index (χ4v) is 2.54. The zero-order valence-corrected chi connectivity index (χ0v) is 12.6. The van der Waals surface area contributed by atoms with Crippen LogP contribution in [0.2, 0.25) is 0 Å². The number of hydrogen-bond donors (Lipinski definition) is 1.